The van der Waals surface area contributed by atoms with Crippen LogP contribution >= 0.6 is 0 Å². The Bertz CT molecular complexity index is 1070. The van der Waals surface area contributed by atoms with Gasteiger partial charge in [0.25, 0.3) is 0 Å². The molecule has 0 heteroatoms. The Hall–Kier alpha value is -2.34. The highest BCUT2D eigenvalue weighted by Crippen LogP contribution is 2.30. The molecule has 0 fully saturated rings. The first-order valence-corrected chi connectivity index (χ1v) is 6.78. The molecule has 3 aromatic rings. The second kappa shape index (κ2) is 3.16. The van der Waals surface area contributed by atoms with Crippen LogP contribution in [0.5, 0.6) is 0 Å². The molecule has 0 aliphatic heterocycles. The highest BCUT2D eigenvalue weighted by Gasteiger charge is 2.17. The van der Waals surface area contributed by atoms with Gasteiger partial charge >= 0.3 is 0 Å². The summed E-state index contributed by atoms with van der Waals surface area (Å²) in [7, 11) is 0. The molecule has 0 nitrogen and oxygen atoms in total. The summed E-state index contributed by atoms with van der Waals surface area (Å²) in [6.45, 7) is 0. The summed E-state index contributed by atoms with van der Waals surface area (Å²) in [6.07, 6.45) is 3.43. The second-order valence-electron chi connectivity index (χ2n) is 5.37. The van der Waals surface area contributed by atoms with E-state index in [0.29, 0.717) is 0 Å². The number of rotatable bonds is 0. The van der Waals surface area contributed by atoms with Crippen LogP contribution in [0, 0.1) is 10.4 Å². The van der Waals surface area contributed by atoms with E-state index in [2.05, 4.69) is 60.7 Å². The molecule has 19 heavy (non-hydrogen) atoms. The van der Waals surface area contributed by atoms with Gasteiger partial charge in [0, 0.05) is 0 Å². The zero-order valence-electron chi connectivity index (χ0n) is 10.5. The van der Waals surface area contributed by atoms with Gasteiger partial charge in [-0.3, -0.25) is 0 Å². The van der Waals surface area contributed by atoms with E-state index in [4.69, 9.17) is 0 Å². The van der Waals surface area contributed by atoms with E-state index in [0.717, 1.165) is 6.42 Å². The summed E-state index contributed by atoms with van der Waals surface area (Å²) in [6, 6.07) is 20.0. The Balaban J connectivity index is 2.25. The zero-order valence-corrected chi connectivity index (χ0v) is 10.5. The lowest BCUT2D eigenvalue weighted by Crippen LogP contribution is -2.12. The predicted octanol–water partition coefficient (Wildman–Crippen LogP) is 2.82. The van der Waals surface area contributed by atoms with E-state index in [1.807, 2.05) is 0 Å². The molecule has 2 aliphatic rings. The Morgan fingerprint density at radius 3 is 2.53 bits per heavy atom. The van der Waals surface area contributed by atoms with Crippen LogP contribution in [0.4, 0.5) is 0 Å². The third-order valence-electron chi connectivity index (χ3n) is 4.45. The minimum absolute atomic E-state index is 1.06. The summed E-state index contributed by atoms with van der Waals surface area (Å²) >= 11 is 0. The van der Waals surface area contributed by atoms with Crippen LogP contribution in [0.2, 0.25) is 0 Å². The molecule has 88 valence electrons. The number of hydrogen-bond acceptors (Lipinski definition) is 0. The third kappa shape index (κ3) is 1.05. The molecule has 5 rings (SSSR count). The van der Waals surface area contributed by atoms with Crippen LogP contribution in [-0.2, 0) is 0 Å². The molecule has 0 amide bonds. The molecule has 3 aromatic carbocycles. The van der Waals surface area contributed by atoms with E-state index in [1.165, 1.54) is 42.8 Å². The minimum atomic E-state index is 1.06. The SMILES string of the molecule is C1=c2cccc3ccc4c(c23)C(=c2ccccc2=4)C1. The Labute approximate surface area is 110 Å². The fourth-order valence-corrected chi connectivity index (χ4v) is 3.66. The first-order chi connectivity index (χ1) is 9.43. The van der Waals surface area contributed by atoms with Gasteiger partial charge in [-0.1, -0.05) is 60.7 Å². The Kier molecular flexibility index (Phi) is 1.59. The predicted molar refractivity (Wildman–Crippen MR) is 78.9 cm³/mol. The van der Waals surface area contributed by atoms with Crippen LogP contribution < -0.4 is 10.4 Å². The van der Waals surface area contributed by atoms with Gasteiger partial charge in [-0.15, -0.1) is 0 Å². The molecule has 0 bridgehead atoms. The molecule has 0 saturated carbocycles. The first-order valence-electron chi connectivity index (χ1n) is 6.78. The van der Waals surface area contributed by atoms with Gasteiger partial charge in [0.2, 0.25) is 0 Å². The fourth-order valence-electron chi connectivity index (χ4n) is 3.66. The van der Waals surface area contributed by atoms with Crippen molar-refractivity contribution in [1.82, 2.24) is 0 Å². The number of fused-ring (bicyclic) bond motifs is 1. The maximum absolute atomic E-state index is 2.37. The van der Waals surface area contributed by atoms with Gasteiger partial charge in [-0.05, 0) is 49.2 Å². The third-order valence-corrected chi connectivity index (χ3v) is 4.45. The summed E-state index contributed by atoms with van der Waals surface area (Å²) in [4.78, 5) is 0. The smallest absolute Gasteiger partial charge is 0.00326 e. The van der Waals surface area contributed by atoms with Crippen LogP contribution in [0.3, 0.4) is 0 Å². The molecular weight excluding hydrogens is 228 g/mol. The molecule has 0 unspecified atom stereocenters. The molecular formula is C19H12. The maximum atomic E-state index is 2.37. The van der Waals surface area contributed by atoms with Crippen molar-refractivity contribution in [1.29, 1.82) is 0 Å². The molecule has 0 saturated heterocycles. The first kappa shape index (κ1) is 9.57. The lowest BCUT2D eigenvalue weighted by molar-refractivity contribution is 1.41. The fraction of sp³-hybridized carbons (Fsp3) is 0.0526. The van der Waals surface area contributed by atoms with Crippen molar-refractivity contribution in [2.24, 2.45) is 0 Å². The normalized spacial score (nSPS) is 14.4. The second-order valence-corrected chi connectivity index (χ2v) is 5.37. The van der Waals surface area contributed by atoms with Crippen molar-refractivity contribution in [3.63, 3.8) is 0 Å². The van der Waals surface area contributed by atoms with Crippen LogP contribution in [-0.4, -0.2) is 0 Å². The average Bonchev–Trinajstić information content (AvgIpc) is 2.81. The highest BCUT2D eigenvalue weighted by molar-refractivity contribution is 5.98. The molecule has 0 radical (unpaired) electrons. The van der Waals surface area contributed by atoms with Crippen molar-refractivity contribution in [3.05, 3.63) is 81.0 Å². The van der Waals surface area contributed by atoms with Gasteiger partial charge in [-0.2, -0.15) is 0 Å². The van der Waals surface area contributed by atoms with Gasteiger partial charge in [0.15, 0.2) is 0 Å². The highest BCUT2D eigenvalue weighted by atomic mass is 14.2. The van der Waals surface area contributed by atoms with Crippen LogP contribution in [0.1, 0.15) is 12.0 Å². The lowest BCUT2D eigenvalue weighted by Gasteiger charge is -2.13. The number of hydrogen-bond donors (Lipinski definition) is 0. The Morgan fingerprint density at radius 1 is 0.684 bits per heavy atom. The van der Waals surface area contributed by atoms with Crippen molar-refractivity contribution in [2.45, 2.75) is 6.42 Å². The molecule has 0 atom stereocenters. The van der Waals surface area contributed by atoms with E-state index < -0.39 is 0 Å². The quantitative estimate of drug-likeness (QED) is 0.567. The van der Waals surface area contributed by atoms with Crippen molar-refractivity contribution in [3.8, 4) is 0 Å². The maximum Gasteiger partial charge on any atom is -0.00326 e. The molecule has 2 aliphatic carbocycles. The van der Waals surface area contributed by atoms with Gasteiger partial charge in [-0.25, -0.2) is 0 Å². The van der Waals surface area contributed by atoms with Crippen molar-refractivity contribution in [2.75, 3.05) is 0 Å². The van der Waals surface area contributed by atoms with E-state index in [9.17, 15) is 0 Å². The van der Waals surface area contributed by atoms with E-state index >= 15 is 0 Å². The summed E-state index contributed by atoms with van der Waals surface area (Å²) in [5, 5.41) is 8.44. The van der Waals surface area contributed by atoms with E-state index in [1.54, 1.807) is 0 Å². The summed E-state index contributed by atoms with van der Waals surface area (Å²) in [5.74, 6) is 0. The molecule has 0 N–H and O–H groups in total. The molecule has 0 heterocycles. The van der Waals surface area contributed by atoms with Gasteiger partial charge < -0.3 is 0 Å². The standard InChI is InChI=1S/C19H12/c1-2-7-15-14(6-1)16-10-8-12-4-3-5-13-9-11-17(15)19(16)18(12)13/h1-10H,11H2. The topological polar surface area (TPSA) is 0 Å². The molecule has 0 spiro atoms. The average molecular weight is 240 g/mol. The van der Waals surface area contributed by atoms with Crippen LogP contribution in [0.25, 0.3) is 22.4 Å². The lowest BCUT2D eigenvalue weighted by atomic mass is 9.90. The van der Waals surface area contributed by atoms with Crippen molar-refractivity contribution >= 4 is 22.4 Å². The van der Waals surface area contributed by atoms with Crippen LogP contribution in [0.15, 0.2) is 54.6 Å². The van der Waals surface area contributed by atoms with Gasteiger partial charge in [0.1, 0.15) is 0 Å². The summed E-state index contributed by atoms with van der Waals surface area (Å²) in [5.41, 5.74) is 2.99. The van der Waals surface area contributed by atoms with Gasteiger partial charge in [0.05, 0.1) is 0 Å². The Morgan fingerprint density at radius 2 is 1.58 bits per heavy atom. The summed E-state index contributed by atoms with van der Waals surface area (Å²) < 4.78 is 0. The largest absolute Gasteiger partial charge is 0.0722 e. The number of benzene rings is 3. The minimum Gasteiger partial charge on any atom is -0.0722 e. The monoisotopic (exact) mass is 240 g/mol. The van der Waals surface area contributed by atoms with E-state index in [-0.39, 0.29) is 0 Å². The zero-order chi connectivity index (χ0) is 12.4. The molecule has 0 aromatic heterocycles. The van der Waals surface area contributed by atoms with Crippen molar-refractivity contribution < 1.29 is 0 Å².